The summed E-state index contributed by atoms with van der Waals surface area (Å²) in [6.07, 6.45) is 6.28. The van der Waals surface area contributed by atoms with E-state index < -0.39 is 0 Å². The third-order valence-electron chi connectivity index (χ3n) is 4.65. The first kappa shape index (κ1) is 16.0. The highest BCUT2D eigenvalue weighted by atomic mass is 32.1. The molecule has 0 amide bonds. The van der Waals surface area contributed by atoms with E-state index in [2.05, 4.69) is 39.1 Å². The van der Waals surface area contributed by atoms with E-state index in [4.69, 9.17) is 10.5 Å². The van der Waals surface area contributed by atoms with Gasteiger partial charge in [-0.3, -0.25) is 0 Å². The Morgan fingerprint density at radius 1 is 1.40 bits per heavy atom. The van der Waals surface area contributed by atoms with Gasteiger partial charge in [-0.25, -0.2) is 0 Å². The quantitative estimate of drug-likeness (QED) is 0.845. The minimum absolute atomic E-state index is 0.0752. The normalized spacial score (nSPS) is 22.6. The summed E-state index contributed by atoms with van der Waals surface area (Å²) in [6, 6.07) is 2.27. The van der Waals surface area contributed by atoms with Gasteiger partial charge in [-0.1, -0.05) is 20.8 Å². The molecule has 114 valence electrons. The zero-order chi connectivity index (χ0) is 14.8. The second kappa shape index (κ2) is 6.59. The van der Waals surface area contributed by atoms with Crippen LogP contribution in [0.25, 0.3) is 0 Å². The topological polar surface area (TPSA) is 35.2 Å². The number of aryl methyl sites for hydroxylation is 1. The predicted octanol–water partition coefficient (Wildman–Crippen LogP) is 4.82. The highest BCUT2D eigenvalue weighted by Gasteiger charge is 2.31. The molecule has 1 aliphatic carbocycles. The van der Waals surface area contributed by atoms with E-state index in [1.165, 1.54) is 36.1 Å². The van der Waals surface area contributed by atoms with E-state index in [1.807, 2.05) is 0 Å². The van der Waals surface area contributed by atoms with Crippen molar-refractivity contribution in [3.05, 3.63) is 21.9 Å². The Morgan fingerprint density at radius 2 is 2.05 bits per heavy atom. The highest BCUT2D eigenvalue weighted by Crippen LogP contribution is 2.39. The second-order valence-corrected chi connectivity index (χ2v) is 7.91. The first-order valence-electron chi connectivity index (χ1n) is 7.88. The van der Waals surface area contributed by atoms with Crippen molar-refractivity contribution < 1.29 is 4.74 Å². The Labute approximate surface area is 127 Å². The Hall–Kier alpha value is -0.380. The van der Waals surface area contributed by atoms with Crippen LogP contribution < -0.4 is 5.73 Å². The third kappa shape index (κ3) is 3.84. The molecule has 20 heavy (non-hydrogen) atoms. The summed E-state index contributed by atoms with van der Waals surface area (Å²) in [6.45, 7) is 9.03. The lowest BCUT2D eigenvalue weighted by molar-refractivity contribution is -0.0562. The molecule has 0 spiro atoms. The van der Waals surface area contributed by atoms with Crippen molar-refractivity contribution in [3.63, 3.8) is 0 Å². The van der Waals surface area contributed by atoms with Crippen LogP contribution in [-0.2, 0) is 4.74 Å². The number of thiophene rings is 1. The molecule has 1 saturated carbocycles. The molecular formula is C17H29NOS. The van der Waals surface area contributed by atoms with Crippen LogP contribution in [0.2, 0.25) is 0 Å². The van der Waals surface area contributed by atoms with Crippen LogP contribution >= 0.6 is 11.3 Å². The van der Waals surface area contributed by atoms with Crippen molar-refractivity contribution >= 4 is 11.3 Å². The molecule has 0 bridgehead atoms. The van der Waals surface area contributed by atoms with E-state index in [0.29, 0.717) is 11.5 Å². The fraction of sp³-hybridized carbons (Fsp3) is 0.765. The largest absolute Gasteiger partial charge is 0.368 e. The SMILES string of the molecule is CCC(N)C(OC1CCC(C)(C)CC1)c1sccc1C. The Morgan fingerprint density at radius 3 is 2.55 bits per heavy atom. The summed E-state index contributed by atoms with van der Waals surface area (Å²) in [4.78, 5) is 1.32. The van der Waals surface area contributed by atoms with E-state index in [9.17, 15) is 0 Å². The van der Waals surface area contributed by atoms with Gasteiger partial charge in [0.1, 0.15) is 6.10 Å². The van der Waals surface area contributed by atoms with Crippen LogP contribution in [0, 0.1) is 12.3 Å². The molecule has 1 aliphatic rings. The molecule has 1 heterocycles. The molecule has 0 aromatic carbocycles. The van der Waals surface area contributed by atoms with Crippen molar-refractivity contribution in [2.75, 3.05) is 0 Å². The monoisotopic (exact) mass is 295 g/mol. The summed E-state index contributed by atoms with van der Waals surface area (Å²) in [5.41, 5.74) is 8.14. The molecule has 1 aromatic rings. The van der Waals surface area contributed by atoms with Crippen molar-refractivity contribution in [1.82, 2.24) is 0 Å². The summed E-state index contributed by atoms with van der Waals surface area (Å²) in [5.74, 6) is 0. The summed E-state index contributed by atoms with van der Waals surface area (Å²) in [7, 11) is 0. The van der Waals surface area contributed by atoms with E-state index in [0.717, 1.165) is 6.42 Å². The van der Waals surface area contributed by atoms with Gasteiger partial charge in [0.15, 0.2) is 0 Å². The maximum atomic E-state index is 6.45. The standard InChI is InChI=1S/C17H29NOS/c1-5-14(18)15(16-12(2)8-11-20-16)19-13-6-9-17(3,4)10-7-13/h8,11,13-15H,5-7,9-10,18H2,1-4H3. The molecule has 3 heteroatoms. The lowest BCUT2D eigenvalue weighted by atomic mass is 9.76. The van der Waals surface area contributed by atoms with Crippen LogP contribution in [-0.4, -0.2) is 12.1 Å². The van der Waals surface area contributed by atoms with E-state index >= 15 is 0 Å². The first-order chi connectivity index (χ1) is 9.43. The lowest BCUT2D eigenvalue weighted by Gasteiger charge is -2.37. The average molecular weight is 295 g/mol. The number of ether oxygens (including phenoxy) is 1. The van der Waals surface area contributed by atoms with Crippen molar-refractivity contribution in [1.29, 1.82) is 0 Å². The molecule has 2 N–H and O–H groups in total. The number of hydrogen-bond donors (Lipinski definition) is 1. The van der Waals surface area contributed by atoms with Gasteiger partial charge in [0, 0.05) is 10.9 Å². The van der Waals surface area contributed by atoms with Gasteiger partial charge < -0.3 is 10.5 Å². The van der Waals surface area contributed by atoms with Gasteiger partial charge >= 0.3 is 0 Å². The molecule has 1 aromatic heterocycles. The fourth-order valence-corrected chi connectivity index (χ4v) is 4.00. The van der Waals surface area contributed by atoms with Gasteiger partial charge in [0.25, 0.3) is 0 Å². The van der Waals surface area contributed by atoms with E-state index in [-0.39, 0.29) is 12.1 Å². The molecule has 0 saturated heterocycles. The average Bonchev–Trinajstić information content (AvgIpc) is 2.83. The molecular weight excluding hydrogens is 266 g/mol. The molecule has 2 unspecified atom stereocenters. The highest BCUT2D eigenvalue weighted by molar-refractivity contribution is 7.10. The number of nitrogens with two attached hydrogens (primary N) is 1. The maximum absolute atomic E-state index is 6.45. The Balaban J connectivity index is 2.04. The second-order valence-electron chi connectivity index (χ2n) is 6.96. The molecule has 2 atom stereocenters. The zero-order valence-electron chi connectivity index (χ0n) is 13.3. The summed E-state index contributed by atoms with van der Waals surface area (Å²) < 4.78 is 6.45. The van der Waals surface area contributed by atoms with Gasteiger partial charge in [-0.05, 0) is 61.5 Å². The molecule has 2 nitrogen and oxygen atoms in total. The van der Waals surface area contributed by atoms with E-state index in [1.54, 1.807) is 11.3 Å². The maximum Gasteiger partial charge on any atom is 0.107 e. The van der Waals surface area contributed by atoms with Gasteiger partial charge in [0.2, 0.25) is 0 Å². The first-order valence-corrected chi connectivity index (χ1v) is 8.76. The van der Waals surface area contributed by atoms with Gasteiger partial charge in [-0.15, -0.1) is 11.3 Å². The fourth-order valence-electron chi connectivity index (χ4n) is 2.96. The van der Waals surface area contributed by atoms with Crippen LogP contribution in [0.5, 0.6) is 0 Å². The van der Waals surface area contributed by atoms with Crippen molar-refractivity contribution in [3.8, 4) is 0 Å². The molecule has 2 rings (SSSR count). The van der Waals surface area contributed by atoms with Crippen molar-refractivity contribution in [2.45, 2.75) is 78.0 Å². The van der Waals surface area contributed by atoms with Crippen LogP contribution in [0.15, 0.2) is 11.4 Å². The molecule has 1 fully saturated rings. The predicted molar refractivity (Wildman–Crippen MR) is 87.2 cm³/mol. The van der Waals surface area contributed by atoms with Gasteiger partial charge in [0.05, 0.1) is 6.10 Å². The van der Waals surface area contributed by atoms with Crippen LogP contribution in [0.1, 0.15) is 69.4 Å². The van der Waals surface area contributed by atoms with Crippen molar-refractivity contribution in [2.24, 2.45) is 11.1 Å². The smallest absolute Gasteiger partial charge is 0.107 e. The summed E-state index contributed by atoms with van der Waals surface area (Å²) in [5, 5.41) is 2.15. The minimum Gasteiger partial charge on any atom is -0.368 e. The molecule has 0 aliphatic heterocycles. The number of hydrogen-bond acceptors (Lipinski definition) is 3. The number of rotatable bonds is 5. The van der Waals surface area contributed by atoms with Crippen LogP contribution in [0.3, 0.4) is 0 Å². The third-order valence-corrected chi connectivity index (χ3v) is 5.73. The lowest BCUT2D eigenvalue weighted by Crippen LogP contribution is -2.34. The Bertz CT molecular complexity index is 416. The van der Waals surface area contributed by atoms with Crippen LogP contribution in [0.4, 0.5) is 0 Å². The minimum atomic E-state index is 0.0752. The Kier molecular flexibility index (Phi) is 5.27. The molecule has 0 radical (unpaired) electrons. The summed E-state index contributed by atoms with van der Waals surface area (Å²) >= 11 is 1.78. The van der Waals surface area contributed by atoms with Gasteiger partial charge in [-0.2, -0.15) is 0 Å². The zero-order valence-corrected chi connectivity index (χ0v) is 14.1.